The molecule has 2 aromatic rings. The summed E-state index contributed by atoms with van der Waals surface area (Å²) in [6.45, 7) is 0.828. The van der Waals surface area contributed by atoms with Crippen LogP contribution in [0.15, 0.2) is 22.8 Å². The van der Waals surface area contributed by atoms with Gasteiger partial charge in [-0.2, -0.15) is 4.98 Å². The first-order chi connectivity index (χ1) is 8.70. The third kappa shape index (κ3) is 2.49. The van der Waals surface area contributed by atoms with Crippen molar-refractivity contribution >= 4 is 27.5 Å². The monoisotopic (exact) mass is 310 g/mol. The van der Waals surface area contributed by atoms with E-state index in [0.717, 1.165) is 35.9 Å². The maximum atomic E-state index is 9.47. The predicted molar refractivity (Wildman–Crippen MR) is 72.5 cm³/mol. The third-order valence-electron chi connectivity index (χ3n) is 3.36. The Kier molecular flexibility index (Phi) is 3.22. The lowest BCUT2D eigenvalue weighted by Crippen LogP contribution is -2.13. The quantitative estimate of drug-likeness (QED) is 0.911. The Hall–Kier alpha value is -1.14. The molecular weight excluding hydrogens is 296 g/mol. The number of nitrogens with one attached hydrogen (secondary N) is 1. The van der Waals surface area contributed by atoms with Gasteiger partial charge in [0.1, 0.15) is 0 Å². The summed E-state index contributed by atoms with van der Waals surface area (Å²) in [7, 11) is 0. The molecule has 3 rings (SSSR count). The minimum absolute atomic E-state index is 0.123. The predicted octanol–water partition coefficient (Wildman–Crippen LogP) is 2.06. The fourth-order valence-corrected chi connectivity index (χ4v) is 2.73. The van der Waals surface area contributed by atoms with E-state index < -0.39 is 0 Å². The normalized spacial score (nSPS) is 23.7. The van der Waals surface area contributed by atoms with Gasteiger partial charge in [0.25, 0.3) is 0 Å². The average Bonchev–Trinajstić information content (AvgIpc) is 2.92. The summed E-state index contributed by atoms with van der Waals surface area (Å²) >= 11 is 3.40. The SMILES string of the molecule is OC1CCC(CNc2nc3ccc(Br)cn3n2)C1. The van der Waals surface area contributed by atoms with Crippen molar-refractivity contribution < 1.29 is 5.11 Å². The molecule has 1 fully saturated rings. The molecular formula is C12H15BrN4O. The van der Waals surface area contributed by atoms with Gasteiger partial charge in [0.2, 0.25) is 5.95 Å². The molecule has 0 aromatic carbocycles. The Labute approximate surface area is 113 Å². The maximum Gasteiger partial charge on any atom is 0.243 e. The smallest absolute Gasteiger partial charge is 0.243 e. The van der Waals surface area contributed by atoms with Gasteiger partial charge in [-0.05, 0) is 53.2 Å². The summed E-state index contributed by atoms with van der Waals surface area (Å²) in [6.07, 6.45) is 4.63. The van der Waals surface area contributed by atoms with Crippen molar-refractivity contribution in [1.82, 2.24) is 14.6 Å². The number of pyridine rings is 1. The van der Waals surface area contributed by atoms with Gasteiger partial charge in [-0.3, -0.25) is 0 Å². The lowest BCUT2D eigenvalue weighted by atomic mass is 10.1. The zero-order valence-electron chi connectivity index (χ0n) is 9.88. The number of aromatic nitrogens is 3. The molecule has 1 aliphatic rings. The van der Waals surface area contributed by atoms with E-state index in [2.05, 4.69) is 31.3 Å². The average molecular weight is 311 g/mol. The number of nitrogens with zero attached hydrogens (tertiary/aromatic N) is 3. The molecule has 2 aromatic heterocycles. The number of hydrogen-bond donors (Lipinski definition) is 2. The van der Waals surface area contributed by atoms with E-state index in [4.69, 9.17) is 0 Å². The molecule has 1 saturated carbocycles. The van der Waals surface area contributed by atoms with Crippen molar-refractivity contribution in [2.75, 3.05) is 11.9 Å². The first kappa shape index (κ1) is 11.9. The van der Waals surface area contributed by atoms with Crippen LogP contribution in [-0.4, -0.2) is 32.4 Å². The number of rotatable bonds is 3. The zero-order chi connectivity index (χ0) is 12.5. The van der Waals surface area contributed by atoms with Crippen molar-refractivity contribution in [2.24, 2.45) is 5.92 Å². The minimum Gasteiger partial charge on any atom is -0.393 e. The molecule has 6 heteroatoms. The molecule has 0 spiro atoms. The standard InChI is InChI=1S/C12H15BrN4O/c13-9-2-4-11-15-12(16-17(11)7-9)14-6-8-1-3-10(18)5-8/h2,4,7-8,10,18H,1,3,5-6H2,(H,14,16). The van der Waals surface area contributed by atoms with Crippen LogP contribution in [0.25, 0.3) is 5.65 Å². The van der Waals surface area contributed by atoms with E-state index >= 15 is 0 Å². The summed E-state index contributed by atoms with van der Waals surface area (Å²) in [5, 5.41) is 17.1. The Morgan fingerprint density at radius 1 is 1.44 bits per heavy atom. The van der Waals surface area contributed by atoms with Crippen molar-refractivity contribution in [3.63, 3.8) is 0 Å². The van der Waals surface area contributed by atoms with Crippen LogP contribution in [0.5, 0.6) is 0 Å². The van der Waals surface area contributed by atoms with Gasteiger partial charge < -0.3 is 10.4 Å². The molecule has 2 atom stereocenters. The molecule has 18 heavy (non-hydrogen) atoms. The van der Waals surface area contributed by atoms with E-state index in [9.17, 15) is 5.11 Å². The number of anilines is 1. The van der Waals surface area contributed by atoms with Gasteiger partial charge in [0.05, 0.1) is 6.10 Å². The van der Waals surface area contributed by atoms with Gasteiger partial charge in [-0.15, -0.1) is 5.10 Å². The Bertz CT molecular complexity index is 556. The van der Waals surface area contributed by atoms with Crippen LogP contribution in [0.4, 0.5) is 5.95 Å². The molecule has 0 amide bonds. The first-order valence-electron chi connectivity index (χ1n) is 6.14. The van der Waals surface area contributed by atoms with Crippen LogP contribution >= 0.6 is 15.9 Å². The second-order valence-electron chi connectivity index (χ2n) is 4.80. The minimum atomic E-state index is -0.123. The fourth-order valence-electron chi connectivity index (χ4n) is 2.40. The number of hydrogen-bond acceptors (Lipinski definition) is 4. The highest BCUT2D eigenvalue weighted by Crippen LogP contribution is 2.25. The van der Waals surface area contributed by atoms with Crippen LogP contribution in [-0.2, 0) is 0 Å². The molecule has 0 aliphatic heterocycles. The van der Waals surface area contributed by atoms with Gasteiger partial charge in [0, 0.05) is 17.2 Å². The van der Waals surface area contributed by atoms with E-state index in [0.29, 0.717) is 11.9 Å². The number of aliphatic hydroxyl groups excluding tert-OH is 1. The molecule has 0 bridgehead atoms. The van der Waals surface area contributed by atoms with Crippen LogP contribution in [0.3, 0.4) is 0 Å². The van der Waals surface area contributed by atoms with Crippen LogP contribution < -0.4 is 5.32 Å². The van der Waals surface area contributed by atoms with E-state index in [1.807, 2.05) is 18.3 Å². The molecule has 96 valence electrons. The number of halogens is 1. The second kappa shape index (κ2) is 4.85. The number of aliphatic hydroxyl groups is 1. The van der Waals surface area contributed by atoms with Gasteiger partial charge in [-0.1, -0.05) is 0 Å². The maximum absolute atomic E-state index is 9.47. The second-order valence-corrected chi connectivity index (χ2v) is 5.71. The summed E-state index contributed by atoms with van der Waals surface area (Å²) in [6, 6.07) is 3.86. The lowest BCUT2D eigenvalue weighted by Gasteiger charge is -2.08. The molecule has 2 heterocycles. The zero-order valence-corrected chi connectivity index (χ0v) is 11.5. The Balaban J connectivity index is 1.67. The molecule has 5 nitrogen and oxygen atoms in total. The summed E-state index contributed by atoms with van der Waals surface area (Å²) < 4.78 is 2.72. The third-order valence-corrected chi connectivity index (χ3v) is 3.83. The van der Waals surface area contributed by atoms with E-state index in [1.54, 1.807) is 4.52 Å². The van der Waals surface area contributed by atoms with E-state index in [-0.39, 0.29) is 6.10 Å². The van der Waals surface area contributed by atoms with Crippen molar-refractivity contribution in [2.45, 2.75) is 25.4 Å². The lowest BCUT2D eigenvalue weighted by molar-refractivity contribution is 0.178. The highest BCUT2D eigenvalue weighted by atomic mass is 79.9. The molecule has 1 aliphatic carbocycles. The largest absolute Gasteiger partial charge is 0.393 e. The highest BCUT2D eigenvalue weighted by Gasteiger charge is 2.22. The first-order valence-corrected chi connectivity index (χ1v) is 6.94. The van der Waals surface area contributed by atoms with Crippen LogP contribution in [0.1, 0.15) is 19.3 Å². The van der Waals surface area contributed by atoms with Crippen LogP contribution in [0.2, 0.25) is 0 Å². The summed E-state index contributed by atoms with van der Waals surface area (Å²) in [5.41, 5.74) is 0.826. The van der Waals surface area contributed by atoms with Crippen LogP contribution in [0, 0.1) is 5.92 Å². The molecule has 0 saturated heterocycles. The van der Waals surface area contributed by atoms with E-state index in [1.165, 1.54) is 0 Å². The number of fused-ring (bicyclic) bond motifs is 1. The molecule has 0 radical (unpaired) electrons. The topological polar surface area (TPSA) is 62.5 Å². The summed E-state index contributed by atoms with van der Waals surface area (Å²) in [5.74, 6) is 1.17. The molecule has 2 N–H and O–H groups in total. The van der Waals surface area contributed by atoms with Gasteiger partial charge in [-0.25, -0.2) is 4.52 Å². The molecule has 2 unspecified atom stereocenters. The van der Waals surface area contributed by atoms with Crippen molar-refractivity contribution in [3.05, 3.63) is 22.8 Å². The Morgan fingerprint density at radius 2 is 2.33 bits per heavy atom. The van der Waals surface area contributed by atoms with Crippen molar-refractivity contribution in [1.29, 1.82) is 0 Å². The highest BCUT2D eigenvalue weighted by molar-refractivity contribution is 9.10. The summed E-state index contributed by atoms with van der Waals surface area (Å²) in [4.78, 5) is 4.39. The fraction of sp³-hybridized carbons (Fsp3) is 0.500. The van der Waals surface area contributed by atoms with Gasteiger partial charge in [0.15, 0.2) is 5.65 Å². The van der Waals surface area contributed by atoms with Crippen molar-refractivity contribution in [3.8, 4) is 0 Å². The van der Waals surface area contributed by atoms with Gasteiger partial charge >= 0.3 is 0 Å². The Morgan fingerprint density at radius 3 is 3.11 bits per heavy atom.